The lowest BCUT2D eigenvalue weighted by atomic mass is 9.51. The van der Waals surface area contributed by atoms with Gasteiger partial charge in [-0.2, -0.15) is 0 Å². The Bertz CT molecular complexity index is 1850. The topological polar surface area (TPSA) is 104 Å². The van der Waals surface area contributed by atoms with Gasteiger partial charge in [-0.25, -0.2) is 9.29 Å². The van der Waals surface area contributed by atoms with Gasteiger partial charge in [-0.15, -0.1) is 0 Å². The van der Waals surface area contributed by atoms with Crippen molar-refractivity contribution in [3.63, 3.8) is 0 Å². The standard InChI is InChI=1S/C34H27BrClFN2O6/c1-34-24(31(42)39(33(34)44)18-7-12-26(37)25(36)13-18)15-23-20(29(34)21-9-8-19(45-2)14-27(21)40)10-11-22-28(23)32(43)38(30(22)41)17-5-3-16(35)4-6-17/h3-10,12-14,22-24,28-29,40H,11,15H2,1-2H3/t22-,23+,24-,28-,29+,34+/m0/s1. The fourth-order valence-electron chi connectivity index (χ4n) is 7.97. The van der Waals surface area contributed by atoms with Crippen LogP contribution < -0.4 is 14.5 Å². The lowest BCUT2D eigenvalue weighted by Crippen LogP contribution is -2.48. The number of ether oxygens (including phenoxy) is 1. The van der Waals surface area contributed by atoms with Gasteiger partial charge < -0.3 is 9.84 Å². The fraction of sp³-hybridized carbons (Fsp3) is 0.294. The Morgan fingerprint density at radius 3 is 2.31 bits per heavy atom. The number of rotatable bonds is 4. The summed E-state index contributed by atoms with van der Waals surface area (Å²) < 4.78 is 20.2. The van der Waals surface area contributed by atoms with Crippen LogP contribution in [0.3, 0.4) is 0 Å². The lowest BCUT2D eigenvalue weighted by Gasteiger charge is -2.49. The average Bonchev–Trinajstić information content (AvgIpc) is 3.39. The second-order valence-electron chi connectivity index (χ2n) is 12.2. The van der Waals surface area contributed by atoms with Gasteiger partial charge in [0.05, 0.1) is 46.7 Å². The smallest absolute Gasteiger partial charge is 0.241 e. The Morgan fingerprint density at radius 2 is 1.64 bits per heavy atom. The van der Waals surface area contributed by atoms with E-state index in [9.17, 15) is 28.7 Å². The van der Waals surface area contributed by atoms with Crippen molar-refractivity contribution in [3.8, 4) is 11.5 Å². The highest BCUT2D eigenvalue weighted by Gasteiger charge is 2.68. The van der Waals surface area contributed by atoms with Gasteiger partial charge in [0.2, 0.25) is 23.6 Å². The minimum absolute atomic E-state index is 0.128. The van der Waals surface area contributed by atoms with E-state index in [0.717, 1.165) is 21.0 Å². The van der Waals surface area contributed by atoms with Crippen LogP contribution in [0.1, 0.15) is 31.2 Å². The maximum Gasteiger partial charge on any atom is 0.241 e. The molecule has 4 aliphatic rings. The maximum atomic E-state index is 14.5. The second kappa shape index (κ2) is 10.5. The van der Waals surface area contributed by atoms with Gasteiger partial charge >= 0.3 is 0 Å². The number of hydrogen-bond acceptors (Lipinski definition) is 6. The Labute approximate surface area is 271 Å². The molecule has 7 rings (SSSR count). The second-order valence-corrected chi connectivity index (χ2v) is 13.5. The molecule has 3 aromatic rings. The van der Waals surface area contributed by atoms with Crippen LogP contribution in [0, 0.1) is 34.9 Å². The molecule has 2 aliphatic heterocycles. The first-order chi connectivity index (χ1) is 21.5. The number of carbonyl (C=O) groups excluding carboxylic acids is 4. The zero-order valence-electron chi connectivity index (χ0n) is 24.2. The number of imide groups is 2. The van der Waals surface area contributed by atoms with Crippen molar-refractivity contribution in [2.45, 2.75) is 25.7 Å². The minimum atomic E-state index is -1.38. The zero-order chi connectivity index (χ0) is 31.9. The molecule has 6 atom stereocenters. The molecule has 1 N–H and O–H groups in total. The predicted octanol–water partition coefficient (Wildman–Crippen LogP) is 6.39. The average molecular weight is 694 g/mol. The Balaban J connectivity index is 1.37. The summed E-state index contributed by atoms with van der Waals surface area (Å²) >= 11 is 9.45. The monoisotopic (exact) mass is 692 g/mol. The molecule has 0 unspecified atom stereocenters. The van der Waals surface area contributed by atoms with E-state index in [1.807, 2.05) is 6.08 Å². The Kier molecular flexibility index (Phi) is 6.94. The summed E-state index contributed by atoms with van der Waals surface area (Å²) in [6, 6.07) is 15.4. The quantitative estimate of drug-likeness (QED) is 0.251. The van der Waals surface area contributed by atoms with Gasteiger partial charge in [-0.3, -0.25) is 24.1 Å². The van der Waals surface area contributed by atoms with Crippen LogP contribution in [0.5, 0.6) is 11.5 Å². The number of carbonyl (C=O) groups is 4. The molecule has 2 saturated heterocycles. The molecule has 3 fully saturated rings. The first-order valence-corrected chi connectivity index (χ1v) is 15.7. The van der Waals surface area contributed by atoms with Gasteiger partial charge in [-0.05, 0) is 74.2 Å². The summed E-state index contributed by atoms with van der Waals surface area (Å²) in [7, 11) is 1.47. The van der Waals surface area contributed by atoms with Gasteiger partial charge in [0.25, 0.3) is 0 Å². The molecule has 0 bridgehead atoms. The van der Waals surface area contributed by atoms with E-state index in [-0.39, 0.29) is 41.1 Å². The highest BCUT2D eigenvalue weighted by atomic mass is 79.9. The summed E-state index contributed by atoms with van der Waals surface area (Å²) in [6.07, 6.45) is 2.31. The number of anilines is 2. The third-order valence-electron chi connectivity index (χ3n) is 10.1. The van der Waals surface area contributed by atoms with Crippen LogP contribution in [0.4, 0.5) is 15.8 Å². The number of aromatic hydroxyl groups is 1. The number of hydrogen-bond donors (Lipinski definition) is 1. The summed E-state index contributed by atoms with van der Waals surface area (Å²) in [5.41, 5.74) is 0.346. The highest BCUT2D eigenvalue weighted by Crippen LogP contribution is 2.64. The number of nitrogens with zero attached hydrogens (tertiary/aromatic N) is 2. The summed E-state index contributed by atoms with van der Waals surface area (Å²) in [5.74, 6) is -5.78. The Morgan fingerprint density at radius 1 is 0.933 bits per heavy atom. The molecule has 0 aromatic heterocycles. The number of halogens is 3. The van der Waals surface area contributed by atoms with E-state index < -0.39 is 52.6 Å². The molecule has 4 amide bonds. The third kappa shape index (κ3) is 4.21. The maximum absolute atomic E-state index is 14.5. The van der Waals surface area contributed by atoms with Crippen molar-refractivity contribution in [1.29, 1.82) is 0 Å². The molecule has 2 heterocycles. The van der Waals surface area contributed by atoms with Crippen molar-refractivity contribution in [3.05, 3.63) is 93.2 Å². The summed E-state index contributed by atoms with van der Waals surface area (Å²) in [5, 5.41) is 11.1. The van der Waals surface area contributed by atoms with Crippen molar-refractivity contribution in [2.24, 2.45) is 29.1 Å². The van der Waals surface area contributed by atoms with E-state index in [0.29, 0.717) is 17.0 Å². The first kappa shape index (κ1) is 29.7. The van der Waals surface area contributed by atoms with E-state index in [1.165, 1.54) is 30.2 Å². The molecule has 2 aliphatic carbocycles. The number of amides is 4. The summed E-state index contributed by atoms with van der Waals surface area (Å²) in [6.45, 7) is 1.70. The number of allylic oxidation sites excluding steroid dienone is 2. The number of benzene rings is 3. The minimum Gasteiger partial charge on any atom is -0.508 e. The number of fused-ring (bicyclic) bond motifs is 4. The van der Waals surface area contributed by atoms with E-state index in [1.54, 1.807) is 43.3 Å². The van der Waals surface area contributed by atoms with Crippen LogP contribution >= 0.6 is 27.5 Å². The van der Waals surface area contributed by atoms with Crippen LogP contribution in [-0.2, 0) is 19.2 Å². The molecule has 0 spiro atoms. The molecular formula is C34H27BrClFN2O6. The highest BCUT2D eigenvalue weighted by molar-refractivity contribution is 9.10. The number of phenolic OH excluding ortho intramolecular Hbond substituents is 1. The number of methoxy groups -OCH3 is 1. The third-order valence-corrected chi connectivity index (χ3v) is 10.9. The summed E-state index contributed by atoms with van der Waals surface area (Å²) in [4.78, 5) is 58.8. The van der Waals surface area contributed by atoms with E-state index >= 15 is 0 Å². The normalized spacial score (nSPS) is 29.0. The van der Waals surface area contributed by atoms with Crippen LogP contribution in [-0.4, -0.2) is 35.8 Å². The SMILES string of the molecule is COc1ccc([C@H]2C3=CC[C@@H]4C(=O)N(c5ccc(Br)cc5)C(=O)[C@@H]4[C@@H]3C[C@H]3C(=O)N(c4ccc(F)c(Cl)c4)C(=O)[C@@]23C)c(O)c1. The molecule has 45 heavy (non-hydrogen) atoms. The van der Waals surface area contributed by atoms with Gasteiger partial charge in [0.15, 0.2) is 0 Å². The molecule has 8 nitrogen and oxygen atoms in total. The van der Waals surface area contributed by atoms with Crippen LogP contribution in [0.15, 0.2) is 76.8 Å². The predicted molar refractivity (Wildman–Crippen MR) is 167 cm³/mol. The van der Waals surface area contributed by atoms with Gasteiger partial charge in [0, 0.05) is 22.0 Å². The zero-order valence-corrected chi connectivity index (χ0v) is 26.5. The molecule has 0 radical (unpaired) electrons. The van der Waals surface area contributed by atoms with Gasteiger partial charge in [0.1, 0.15) is 17.3 Å². The largest absolute Gasteiger partial charge is 0.508 e. The van der Waals surface area contributed by atoms with Crippen LogP contribution in [0.25, 0.3) is 0 Å². The Hall–Kier alpha value is -4.02. The molecular weight excluding hydrogens is 667 g/mol. The van der Waals surface area contributed by atoms with E-state index in [2.05, 4.69) is 15.9 Å². The van der Waals surface area contributed by atoms with E-state index in [4.69, 9.17) is 16.3 Å². The van der Waals surface area contributed by atoms with Gasteiger partial charge in [-0.1, -0.05) is 45.2 Å². The van der Waals surface area contributed by atoms with Crippen molar-refractivity contribution in [1.82, 2.24) is 0 Å². The lowest BCUT2D eigenvalue weighted by molar-refractivity contribution is -0.131. The molecule has 11 heteroatoms. The molecule has 230 valence electrons. The fourth-order valence-corrected chi connectivity index (χ4v) is 8.41. The molecule has 3 aromatic carbocycles. The van der Waals surface area contributed by atoms with Crippen LogP contribution in [0.2, 0.25) is 5.02 Å². The number of phenols is 1. The van der Waals surface area contributed by atoms with Crippen molar-refractivity contribution >= 4 is 62.5 Å². The van der Waals surface area contributed by atoms with Crippen molar-refractivity contribution < 1.29 is 33.4 Å². The first-order valence-electron chi connectivity index (χ1n) is 14.5. The molecule has 1 saturated carbocycles. The van der Waals surface area contributed by atoms with Crippen molar-refractivity contribution in [2.75, 3.05) is 16.9 Å².